The Hall–Kier alpha value is -2.40. The summed E-state index contributed by atoms with van der Waals surface area (Å²) in [7, 11) is 0. The molecule has 0 bridgehead atoms. The highest BCUT2D eigenvalue weighted by molar-refractivity contribution is 5.68. The number of carbonyl (C=O) groups excluding carboxylic acids is 1. The van der Waals surface area contributed by atoms with Crippen molar-refractivity contribution in [2.45, 2.75) is 83.2 Å². The summed E-state index contributed by atoms with van der Waals surface area (Å²) in [4.78, 5) is 22.0. The molecule has 2 aliphatic rings. The van der Waals surface area contributed by atoms with Crippen LogP contribution in [0.2, 0.25) is 0 Å². The van der Waals surface area contributed by atoms with Crippen molar-refractivity contribution in [1.82, 2.24) is 14.9 Å². The number of amides is 1. The van der Waals surface area contributed by atoms with Gasteiger partial charge in [0.2, 0.25) is 5.88 Å². The Labute approximate surface area is 172 Å². The van der Waals surface area contributed by atoms with Crippen LogP contribution in [0, 0.1) is 11.3 Å². The molecule has 1 saturated heterocycles. The lowest BCUT2D eigenvalue weighted by molar-refractivity contribution is -0.0678. The van der Waals surface area contributed by atoms with Crippen LogP contribution in [0.1, 0.15) is 65.0 Å². The fourth-order valence-corrected chi connectivity index (χ4v) is 3.66. The number of nitrogens with zero attached hydrogens (tertiary/aromatic N) is 4. The Balaban J connectivity index is 1.36. The van der Waals surface area contributed by atoms with Crippen molar-refractivity contribution in [1.29, 1.82) is 5.26 Å². The molecule has 1 aromatic heterocycles. The maximum absolute atomic E-state index is 12.2. The first-order valence-electron chi connectivity index (χ1n) is 10.3. The Morgan fingerprint density at radius 3 is 2.21 bits per heavy atom. The van der Waals surface area contributed by atoms with Crippen molar-refractivity contribution in [3.05, 3.63) is 18.1 Å². The molecule has 1 amide bonds. The number of aromatic nitrogens is 2. The third kappa shape index (κ3) is 6.57. The minimum Gasteiger partial charge on any atom is -0.473 e. The molecule has 29 heavy (non-hydrogen) atoms. The molecule has 0 aromatic carbocycles. The standard InChI is InChI=1S/C21H30N4O4/c1-21(2,3)29-20(26)25-10-8-18(9-11-25)27-16-4-6-17(7-5-16)28-19-14-23-15(12-22)13-24-19/h13-14,16-18H,4-11H2,1-3H3/t16-,17-. The number of ether oxygens (including phenoxy) is 3. The van der Waals surface area contributed by atoms with Gasteiger partial charge in [-0.2, -0.15) is 5.26 Å². The van der Waals surface area contributed by atoms with E-state index in [2.05, 4.69) is 9.97 Å². The van der Waals surface area contributed by atoms with Crippen molar-refractivity contribution in [2.24, 2.45) is 0 Å². The summed E-state index contributed by atoms with van der Waals surface area (Å²) in [6.45, 7) is 7.00. The summed E-state index contributed by atoms with van der Waals surface area (Å²) in [6, 6.07) is 1.95. The second-order valence-corrected chi connectivity index (χ2v) is 8.67. The zero-order valence-corrected chi connectivity index (χ0v) is 17.5. The zero-order valence-electron chi connectivity index (χ0n) is 17.5. The summed E-state index contributed by atoms with van der Waals surface area (Å²) in [5.41, 5.74) is -0.179. The second-order valence-electron chi connectivity index (χ2n) is 8.67. The van der Waals surface area contributed by atoms with E-state index in [1.54, 1.807) is 4.90 Å². The fraction of sp³-hybridized carbons (Fsp3) is 0.714. The van der Waals surface area contributed by atoms with E-state index < -0.39 is 5.60 Å². The average Bonchev–Trinajstić information content (AvgIpc) is 2.69. The first-order valence-corrected chi connectivity index (χ1v) is 10.3. The van der Waals surface area contributed by atoms with Gasteiger partial charge in [0.25, 0.3) is 0 Å². The molecule has 1 aliphatic carbocycles. The van der Waals surface area contributed by atoms with Crippen molar-refractivity contribution in [3.63, 3.8) is 0 Å². The van der Waals surface area contributed by atoms with Gasteiger partial charge < -0.3 is 19.1 Å². The SMILES string of the molecule is CC(C)(C)OC(=O)N1CCC(O[C@H]2CC[C@H](Oc3cnc(C#N)cn3)CC2)CC1. The van der Waals surface area contributed by atoms with Crippen LogP contribution in [0.3, 0.4) is 0 Å². The van der Waals surface area contributed by atoms with Gasteiger partial charge in [-0.15, -0.1) is 0 Å². The van der Waals surface area contributed by atoms with Crippen LogP contribution in [0.4, 0.5) is 4.79 Å². The number of piperidine rings is 1. The van der Waals surface area contributed by atoms with E-state index in [0.717, 1.165) is 38.5 Å². The lowest BCUT2D eigenvalue weighted by Gasteiger charge is -2.36. The van der Waals surface area contributed by atoms with Crippen LogP contribution >= 0.6 is 0 Å². The summed E-state index contributed by atoms with van der Waals surface area (Å²) in [5.74, 6) is 0.461. The van der Waals surface area contributed by atoms with E-state index in [-0.39, 0.29) is 30.1 Å². The Bertz CT molecular complexity index is 710. The fourth-order valence-electron chi connectivity index (χ4n) is 3.66. The van der Waals surface area contributed by atoms with E-state index in [4.69, 9.17) is 19.5 Å². The van der Waals surface area contributed by atoms with Gasteiger partial charge in [-0.05, 0) is 59.3 Å². The molecule has 0 spiro atoms. The van der Waals surface area contributed by atoms with Crippen LogP contribution in [0.5, 0.6) is 5.88 Å². The van der Waals surface area contributed by atoms with Gasteiger partial charge in [0.05, 0.1) is 24.6 Å². The molecule has 1 aromatic rings. The summed E-state index contributed by atoms with van der Waals surface area (Å²) in [5, 5.41) is 8.77. The van der Waals surface area contributed by atoms with Crippen LogP contribution in [-0.4, -0.2) is 58.0 Å². The third-order valence-electron chi connectivity index (χ3n) is 5.13. The van der Waals surface area contributed by atoms with Crippen LogP contribution in [-0.2, 0) is 9.47 Å². The summed E-state index contributed by atoms with van der Waals surface area (Å²) >= 11 is 0. The molecular formula is C21H30N4O4. The molecule has 0 N–H and O–H groups in total. The summed E-state index contributed by atoms with van der Waals surface area (Å²) < 4.78 is 17.6. The Morgan fingerprint density at radius 1 is 1.03 bits per heavy atom. The van der Waals surface area contributed by atoms with Crippen molar-refractivity contribution in [3.8, 4) is 11.9 Å². The quantitative estimate of drug-likeness (QED) is 0.761. The molecule has 1 saturated carbocycles. The average molecular weight is 402 g/mol. The molecule has 8 nitrogen and oxygen atoms in total. The normalized spacial score (nSPS) is 23.3. The maximum Gasteiger partial charge on any atom is 0.410 e. The van der Waals surface area contributed by atoms with Crippen molar-refractivity contribution < 1.29 is 19.0 Å². The number of likely N-dealkylation sites (tertiary alicyclic amines) is 1. The first kappa shape index (κ1) is 21.3. The minimum atomic E-state index is -0.464. The van der Waals surface area contributed by atoms with E-state index in [9.17, 15) is 4.79 Å². The van der Waals surface area contributed by atoms with Crippen LogP contribution in [0.15, 0.2) is 12.4 Å². The second kappa shape index (κ2) is 9.40. The molecule has 1 aliphatic heterocycles. The lowest BCUT2D eigenvalue weighted by Crippen LogP contribution is -2.44. The highest BCUT2D eigenvalue weighted by Crippen LogP contribution is 2.27. The predicted molar refractivity (Wildman–Crippen MR) is 105 cm³/mol. The van der Waals surface area contributed by atoms with Gasteiger partial charge in [-0.25, -0.2) is 14.8 Å². The number of hydrogen-bond acceptors (Lipinski definition) is 7. The van der Waals surface area contributed by atoms with Gasteiger partial charge in [-0.1, -0.05) is 0 Å². The van der Waals surface area contributed by atoms with E-state index in [1.807, 2.05) is 26.8 Å². The van der Waals surface area contributed by atoms with Crippen LogP contribution in [0.25, 0.3) is 0 Å². The number of rotatable bonds is 4. The highest BCUT2D eigenvalue weighted by Gasteiger charge is 2.30. The molecule has 8 heteroatoms. The molecule has 0 radical (unpaired) electrons. The van der Waals surface area contributed by atoms with E-state index in [0.29, 0.717) is 19.0 Å². The molecule has 3 rings (SSSR count). The van der Waals surface area contributed by atoms with Crippen molar-refractivity contribution in [2.75, 3.05) is 13.1 Å². The molecule has 0 atom stereocenters. The Kier molecular flexibility index (Phi) is 6.91. The number of nitriles is 1. The topological polar surface area (TPSA) is 97.6 Å². The van der Waals surface area contributed by atoms with Gasteiger partial charge in [0.15, 0.2) is 5.69 Å². The Morgan fingerprint density at radius 2 is 1.66 bits per heavy atom. The monoisotopic (exact) mass is 402 g/mol. The molecule has 2 heterocycles. The van der Waals surface area contributed by atoms with Gasteiger partial charge in [0.1, 0.15) is 17.8 Å². The zero-order chi connectivity index (χ0) is 20.9. The molecular weight excluding hydrogens is 372 g/mol. The number of hydrogen-bond donors (Lipinski definition) is 0. The van der Waals surface area contributed by atoms with E-state index in [1.165, 1.54) is 12.4 Å². The largest absolute Gasteiger partial charge is 0.473 e. The first-order chi connectivity index (χ1) is 13.8. The lowest BCUT2D eigenvalue weighted by atomic mass is 9.94. The number of carbonyl (C=O) groups is 1. The third-order valence-corrected chi connectivity index (χ3v) is 5.13. The predicted octanol–water partition coefficient (Wildman–Crippen LogP) is 3.45. The van der Waals surface area contributed by atoms with Crippen LogP contribution < -0.4 is 4.74 Å². The van der Waals surface area contributed by atoms with Gasteiger partial charge in [-0.3, -0.25) is 0 Å². The smallest absolute Gasteiger partial charge is 0.410 e. The minimum absolute atomic E-state index is 0.103. The maximum atomic E-state index is 12.2. The van der Waals surface area contributed by atoms with Gasteiger partial charge in [0, 0.05) is 13.1 Å². The van der Waals surface area contributed by atoms with Crippen molar-refractivity contribution >= 4 is 6.09 Å². The highest BCUT2D eigenvalue weighted by atomic mass is 16.6. The van der Waals surface area contributed by atoms with E-state index >= 15 is 0 Å². The summed E-state index contributed by atoms with van der Waals surface area (Å²) in [6.07, 6.45) is 8.61. The molecule has 158 valence electrons. The molecule has 2 fully saturated rings. The van der Waals surface area contributed by atoms with Gasteiger partial charge >= 0.3 is 6.09 Å². The molecule has 0 unspecified atom stereocenters.